The molecule has 0 radical (unpaired) electrons. The van der Waals surface area contributed by atoms with Crippen LogP contribution >= 0.6 is 0 Å². The first-order chi connectivity index (χ1) is 9.60. The van der Waals surface area contributed by atoms with Crippen LogP contribution in [0.5, 0.6) is 11.5 Å². The second-order valence-electron chi connectivity index (χ2n) is 3.72. The lowest BCUT2D eigenvalue weighted by atomic mass is 10.3. The number of hydrogen-bond donors (Lipinski definition) is 2. The predicted octanol–water partition coefficient (Wildman–Crippen LogP) is 1.88. The topological polar surface area (TPSA) is 124 Å². The largest absolute Gasteiger partial charge is 0.456 e. The molecule has 2 rings (SSSR count). The molecule has 1 heterocycles. The van der Waals surface area contributed by atoms with E-state index in [0.717, 1.165) is 0 Å². The normalized spacial score (nSPS) is 11.1. The van der Waals surface area contributed by atoms with Crippen LogP contribution in [0.15, 0.2) is 47.8 Å². The minimum absolute atomic E-state index is 0.0160. The standard InChI is InChI=1S/C12H10N4O4/c13-12(15-17)11-6-5-10(7-14-11)20-9-3-1-8(2-4-9)16(18)19/h1-7,17H,(H2,13,15). The first-order valence-corrected chi connectivity index (χ1v) is 5.46. The average molecular weight is 274 g/mol. The highest BCUT2D eigenvalue weighted by atomic mass is 16.6. The molecule has 3 N–H and O–H groups in total. The monoisotopic (exact) mass is 274 g/mol. The number of aromatic nitrogens is 1. The van der Waals surface area contributed by atoms with E-state index >= 15 is 0 Å². The van der Waals surface area contributed by atoms with E-state index < -0.39 is 4.92 Å². The number of ether oxygens (including phenoxy) is 1. The van der Waals surface area contributed by atoms with Crippen molar-refractivity contribution in [3.8, 4) is 11.5 Å². The van der Waals surface area contributed by atoms with E-state index in [1.54, 1.807) is 6.07 Å². The molecule has 1 aromatic heterocycles. The van der Waals surface area contributed by atoms with Crippen LogP contribution in [0.3, 0.4) is 0 Å². The molecule has 8 nitrogen and oxygen atoms in total. The summed E-state index contributed by atoms with van der Waals surface area (Å²) in [5.41, 5.74) is 5.67. The zero-order valence-electron chi connectivity index (χ0n) is 10.1. The molecule has 0 aliphatic carbocycles. The molecule has 0 unspecified atom stereocenters. The van der Waals surface area contributed by atoms with E-state index in [4.69, 9.17) is 15.7 Å². The van der Waals surface area contributed by atoms with Crippen LogP contribution in [-0.4, -0.2) is 21.0 Å². The fourth-order valence-corrected chi connectivity index (χ4v) is 1.42. The lowest BCUT2D eigenvalue weighted by Gasteiger charge is -2.05. The number of nitro groups is 1. The summed E-state index contributed by atoms with van der Waals surface area (Å²) in [6, 6.07) is 8.75. The zero-order chi connectivity index (χ0) is 14.5. The number of pyridine rings is 1. The van der Waals surface area contributed by atoms with Gasteiger partial charge in [0.2, 0.25) is 0 Å². The van der Waals surface area contributed by atoms with Crippen LogP contribution in [0.25, 0.3) is 0 Å². The molecule has 20 heavy (non-hydrogen) atoms. The smallest absolute Gasteiger partial charge is 0.269 e. The van der Waals surface area contributed by atoms with Gasteiger partial charge in [-0.15, -0.1) is 0 Å². The van der Waals surface area contributed by atoms with Gasteiger partial charge >= 0.3 is 0 Å². The molecule has 0 spiro atoms. The molecule has 0 aliphatic rings. The molecular formula is C12H10N4O4. The summed E-state index contributed by atoms with van der Waals surface area (Å²) >= 11 is 0. The molecule has 2 aromatic rings. The van der Waals surface area contributed by atoms with E-state index in [-0.39, 0.29) is 11.5 Å². The average Bonchev–Trinajstić information content (AvgIpc) is 2.48. The van der Waals surface area contributed by atoms with Crippen LogP contribution in [0.1, 0.15) is 5.69 Å². The predicted molar refractivity (Wildman–Crippen MR) is 69.9 cm³/mol. The number of nitrogens with zero attached hydrogens (tertiary/aromatic N) is 3. The third-order valence-electron chi connectivity index (χ3n) is 2.39. The lowest BCUT2D eigenvalue weighted by molar-refractivity contribution is -0.384. The molecule has 0 atom stereocenters. The van der Waals surface area contributed by atoms with Gasteiger partial charge in [0.1, 0.15) is 17.2 Å². The van der Waals surface area contributed by atoms with Crippen LogP contribution in [0, 0.1) is 10.1 Å². The molecule has 8 heteroatoms. The number of oxime groups is 1. The summed E-state index contributed by atoms with van der Waals surface area (Å²) in [5, 5.41) is 21.8. The van der Waals surface area contributed by atoms with Gasteiger partial charge in [-0.2, -0.15) is 0 Å². The van der Waals surface area contributed by atoms with Gasteiger partial charge in [0.15, 0.2) is 5.84 Å². The summed E-state index contributed by atoms with van der Waals surface area (Å²) in [6.07, 6.45) is 1.40. The van der Waals surface area contributed by atoms with Crippen molar-refractivity contribution in [2.24, 2.45) is 10.9 Å². The quantitative estimate of drug-likeness (QED) is 0.288. The highest BCUT2D eigenvalue weighted by Gasteiger charge is 2.06. The molecule has 1 aromatic carbocycles. The van der Waals surface area contributed by atoms with Gasteiger partial charge in [0, 0.05) is 12.1 Å². The van der Waals surface area contributed by atoms with Crippen molar-refractivity contribution in [3.63, 3.8) is 0 Å². The number of benzene rings is 1. The molecule has 0 saturated heterocycles. The first kappa shape index (κ1) is 13.3. The first-order valence-electron chi connectivity index (χ1n) is 5.46. The minimum atomic E-state index is -0.489. The van der Waals surface area contributed by atoms with Gasteiger partial charge in [-0.1, -0.05) is 5.16 Å². The van der Waals surface area contributed by atoms with E-state index in [0.29, 0.717) is 17.2 Å². The van der Waals surface area contributed by atoms with E-state index in [2.05, 4.69) is 10.1 Å². The van der Waals surface area contributed by atoms with Gasteiger partial charge in [0.25, 0.3) is 5.69 Å². The third-order valence-corrected chi connectivity index (χ3v) is 2.39. The second-order valence-corrected chi connectivity index (χ2v) is 3.72. The summed E-state index contributed by atoms with van der Waals surface area (Å²) in [7, 11) is 0. The molecule has 0 amide bonds. The van der Waals surface area contributed by atoms with E-state index in [9.17, 15) is 10.1 Å². The Morgan fingerprint density at radius 3 is 2.40 bits per heavy atom. The maximum Gasteiger partial charge on any atom is 0.269 e. The van der Waals surface area contributed by atoms with Gasteiger partial charge in [-0.25, -0.2) is 4.98 Å². The minimum Gasteiger partial charge on any atom is -0.456 e. The van der Waals surface area contributed by atoms with E-state index in [1.807, 2.05) is 0 Å². The number of nitro benzene ring substituents is 1. The second kappa shape index (κ2) is 5.65. The Kier molecular flexibility index (Phi) is 3.75. The fraction of sp³-hybridized carbons (Fsp3) is 0. The lowest BCUT2D eigenvalue weighted by Crippen LogP contribution is -2.14. The Morgan fingerprint density at radius 1 is 1.25 bits per heavy atom. The summed E-state index contributed by atoms with van der Waals surface area (Å²) in [5.74, 6) is 0.758. The molecule has 0 bridgehead atoms. The van der Waals surface area contributed by atoms with Crippen LogP contribution in [0.2, 0.25) is 0 Å². The number of nitrogens with two attached hydrogens (primary N) is 1. The maximum absolute atomic E-state index is 10.5. The van der Waals surface area contributed by atoms with Gasteiger partial charge < -0.3 is 15.7 Å². The van der Waals surface area contributed by atoms with Crippen molar-refractivity contribution in [2.45, 2.75) is 0 Å². The van der Waals surface area contributed by atoms with Crippen LogP contribution in [0.4, 0.5) is 5.69 Å². The van der Waals surface area contributed by atoms with Crippen molar-refractivity contribution in [3.05, 3.63) is 58.4 Å². The van der Waals surface area contributed by atoms with Gasteiger partial charge in [-0.3, -0.25) is 10.1 Å². The van der Waals surface area contributed by atoms with Crippen molar-refractivity contribution >= 4 is 11.5 Å². The molecule has 102 valence electrons. The summed E-state index contributed by atoms with van der Waals surface area (Å²) in [6.45, 7) is 0. The summed E-state index contributed by atoms with van der Waals surface area (Å²) < 4.78 is 5.45. The van der Waals surface area contributed by atoms with Crippen molar-refractivity contribution in [2.75, 3.05) is 0 Å². The Balaban J connectivity index is 2.12. The van der Waals surface area contributed by atoms with Gasteiger partial charge in [0.05, 0.1) is 11.1 Å². The van der Waals surface area contributed by atoms with E-state index in [1.165, 1.54) is 36.5 Å². The van der Waals surface area contributed by atoms with Crippen LogP contribution in [-0.2, 0) is 0 Å². The SMILES string of the molecule is N/C(=N/O)c1ccc(Oc2ccc([N+](=O)[O-])cc2)cn1. The number of rotatable bonds is 4. The zero-order valence-corrected chi connectivity index (χ0v) is 10.1. The highest BCUT2D eigenvalue weighted by Crippen LogP contribution is 2.23. The fourth-order valence-electron chi connectivity index (χ4n) is 1.42. The summed E-state index contributed by atoms with van der Waals surface area (Å²) in [4.78, 5) is 14.0. The Labute approximate surface area is 113 Å². The third kappa shape index (κ3) is 2.99. The maximum atomic E-state index is 10.5. The molecule has 0 saturated carbocycles. The molecular weight excluding hydrogens is 264 g/mol. The molecule has 0 fully saturated rings. The van der Waals surface area contributed by atoms with Gasteiger partial charge in [-0.05, 0) is 24.3 Å². The van der Waals surface area contributed by atoms with Crippen molar-refractivity contribution in [1.29, 1.82) is 0 Å². The number of hydrogen-bond acceptors (Lipinski definition) is 6. The Bertz CT molecular complexity index is 638. The Morgan fingerprint density at radius 2 is 1.90 bits per heavy atom. The van der Waals surface area contributed by atoms with Crippen molar-refractivity contribution < 1.29 is 14.9 Å². The number of amidine groups is 1. The van der Waals surface area contributed by atoms with Crippen molar-refractivity contribution in [1.82, 2.24) is 4.98 Å². The highest BCUT2D eigenvalue weighted by molar-refractivity contribution is 5.95. The number of non-ortho nitro benzene ring substituents is 1. The van der Waals surface area contributed by atoms with Crippen LogP contribution < -0.4 is 10.5 Å². The molecule has 0 aliphatic heterocycles. The Hall–Kier alpha value is -3.16.